The number of rotatable bonds is 6. The lowest BCUT2D eigenvalue weighted by Gasteiger charge is -2.07. The predicted octanol–water partition coefficient (Wildman–Crippen LogP) is 0.540. The molecule has 0 spiro atoms. The first kappa shape index (κ1) is 13.1. The van der Waals surface area contributed by atoms with Crippen LogP contribution < -0.4 is 11.1 Å². The highest BCUT2D eigenvalue weighted by Crippen LogP contribution is 2.25. The summed E-state index contributed by atoms with van der Waals surface area (Å²) in [5.41, 5.74) is 5.09. The van der Waals surface area contributed by atoms with Crippen molar-refractivity contribution >= 4 is 17.3 Å². The monoisotopic (exact) mass is 241 g/mol. The molecule has 0 fully saturated rings. The van der Waals surface area contributed by atoms with Crippen molar-refractivity contribution < 1.29 is 10.0 Å². The smallest absolute Gasteiger partial charge is 0.352 e. The Hall–Kier alpha value is -1.96. The summed E-state index contributed by atoms with van der Waals surface area (Å²) in [6.07, 6.45) is 2.07. The number of hydrogen-bond donors (Lipinski definition) is 3. The molecule has 0 amide bonds. The lowest BCUT2D eigenvalue weighted by atomic mass is 10.2. The van der Waals surface area contributed by atoms with Crippen LogP contribution in [-0.4, -0.2) is 32.6 Å². The van der Waals surface area contributed by atoms with Crippen LogP contribution >= 0.6 is 0 Å². The number of aliphatic hydroxyl groups is 1. The number of nitrogens with zero attached hydrogens (tertiary/aromatic N) is 3. The fourth-order valence-corrected chi connectivity index (χ4v) is 1.31. The summed E-state index contributed by atoms with van der Waals surface area (Å²) in [7, 11) is 0. The van der Waals surface area contributed by atoms with E-state index in [4.69, 9.17) is 10.8 Å². The van der Waals surface area contributed by atoms with E-state index in [0.29, 0.717) is 19.4 Å². The highest BCUT2D eigenvalue weighted by Gasteiger charge is 2.20. The maximum Gasteiger partial charge on any atom is 0.352 e. The minimum absolute atomic E-state index is 0.105. The van der Waals surface area contributed by atoms with Crippen molar-refractivity contribution in [1.82, 2.24) is 9.97 Å². The third-order valence-corrected chi connectivity index (χ3v) is 2.12. The van der Waals surface area contributed by atoms with E-state index in [0.717, 1.165) is 0 Å². The van der Waals surface area contributed by atoms with E-state index < -0.39 is 4.92 Å². The first-order valence-corrected chi connectivity index (χ1v) is 5.19. The topological polar surface area (TPSA) is 127 Å². The zero-order valence-electron chi connectivity index (χ0n) is 9.46. The van der Waals surface area contributed by atoms with Gasteiger partial charge in [0.05, 0.1) is 11.0 Å². The van der Waals surface area contributed by atoms with Gasteiger partial charge in [0.15, 0.2) is 0 Å². The number of nitrogens with one attached hydrogen (secondary N) is 1. The molecule has 0 saturated carbocycles. The molecular weight excluding hydrogens is 226 g/mol. The van der Waals surface area contributed by atoms with Crippen molar-refractivity contribution in [3.05, 3.63) is 16.4 Å². The molecule has 0 radical (unpaired) electrons. The summed E-state index contributed by atoms with van der Waals surface area (Å²) in [4.78, 5) is 17.5. The maximum absolute atomic E-state index is 10.7. The van der Waals surface area contributed by atoms with Gasteiger partial charge in [0.2, 0.25) is 11.6 Å². The van der Waals surface area contributed by atoms with Crippen molar-refractivity contribution in [2.75, 3.05) is 17.6 Å². The Labute approximate surface area is 98.0 Å². The van der Waals surface area contributed by atoms with Gasteiger partial charge in [0, 0.05) is 6.54 Å². The van der Waals surface area contributed by atoms with E-state index in [1.165, 1.54) is 6.33 Å². The van der Waals surface area contributed by atoms with E-state index in [1.54, 1.807) is 6.92 Å². The number of nitro groups is 1. The number of hydrogen-bond acceptors (Lipinski definition) is 7. The highest BCUT2D eigenvalue weighted by atomic mass is 16.6. The van der Waals surface area contributed by atoms with E-state index in [-0.39, 0.29) is 23.4 Å². The van der Waals surface area contributed by atoms with Crippen LogP contribution in [0, 0.1) is 10.1 Å². The van der Waals surface area contributed by atoms with E-state index in [1.807, 2.05) is 0 Å². The average molecular weight is 241 g/mol. The summed E-state index contributed by atoms with van der Waals surface area (Å²) >= 11 is 0. The number of anilines is 2. The molecule has 4 N–H and O–H groups in total. The summed E-state index contributed by atoms with van der Waals surface area (Å²) in [5.74, 6) is -0.0591. The molecular formula is C9H15N5O3. The van der Waals surface area contributed by atoms with Gasteiger partial charge in [-0.3, -0.25) is 10.1 Å². The van der Waals surface area contributed by atoms with E-state index in [2.05, 4.69) is 15.3 Å². The predicted molar refractivity (Wildman–Crippen MR) is 62.5 cm³/mol. The van der Waals surface area contributed by atoms with Crippen LogP contribution in [0.5, 0.6) is 0 Å². The Morgan fingerprint density at radius 2 is 2.35 bits per heavy atom. The molecule has 1 aromatic rings. The molecule has 1 atom stereocenters. The van der Waals surface area contributed by atoms with E-state index in [9.17, 15) is 10.1 Å². The van der Waals surface area contributed by atoms with Gasteiger partial charge >= 0.3 is 5.69 Å². The molecule has 1 heterocycles. The van der Waals surface area contributed by atoms with Gasteiger partial charge in [0.1, 0.15) is 6.33 Å². The van der Waals surface area contributed by atoms with Crippen LogP contribution in [0.1, 0.15) is 19.8 Å². The van der Waals surface area contributed by atoms with Crippen molar-refractivity contribution in [2.45, 2.75) is 25.9 Å². The number of nitrogen functional groups attached to an aromatic ring is 1. The maximum atomic E-state index is 10.7. The van der Waals surface area contributed by atoms with Crippen LogP contribution in [0.25, 0.3) is 0 Å². The second-order valence-electron chi connectivity index (χ2n) is 3.63. The van der Waals surface area contributed by atoms with Gasteiger partial charge < -0.3 is 16.2 Å². The molecule has 0 aliphatic heterocycles. The van der Waals surface area contributed by atoms with Crippen molar-refractivity contribution in [1.29, 1.82) is 0 Å². The fraction of sp³-hybridized carbons (Fsp3) is 0.556. The van der Waals surface area contributed by atoms with Crippen molar-refractivity contribution in [2.24, 2.45) is 0 Å². The first-order chi connectivity index (χ1) is 8.02. The summed E-state index contributed by atoms with van der Waals surface area (Å²) in [5, 5.41) is 22.6. The first-order valence-electron chi connectivity index (χ1n) is 5.19. The summed E-state index contributed by atoms with van der Waals surface area (Å²) < 4.78 is 0. The number of nitrogens with two attached hydrogens (primary N) is 1. The second-order valence-corrected chi connectivity index (χ2v) is 3.63. The Morgan fingerprint density at radius 3 is 2.94 bits per heavy atom. The van der Waals surface area contributed by atoms with Gasteiger partial charge in [0.25, 0.3) is 0 Å². The molecule has 94 valence electrons. The molecule has 8 nitrogen and oxygen atoms in total. The molecule has 1 unspecified atom stereocenters. The molecule has 0 aliphatic rings. The lowest BCUT2D eigenvalue weighted by Crippen LogP contribution is -2.10. The van der Waals surface area contributed by atoms with Gasteiger partial charge in [-0.15, -0.1) is 0 Å². The molecule has 1 rings (SSSR count). The van der Waals surface area contributed by atoms with Gasteiger partial charge in [-0.1, -0.05) is 0 Å². The third kappa shape index (κ3) is 3.83. The SMILES string of the molecule is CC(O)CCCNc1ncnc(N)c1[N+](=O)[O-]. The van der Waals surface area contributed by atoms with Crippen LogP contribution in [-0.2, 0) is 0 Å². The van der Waals surface area contributed by atoms with Crippen molar-refractivity contribution in [3.63, 3.8) is 0 Å². The molecule has 17 heavy (non-hydrogen) atoms. The average Bonchev–Trinajstić information content (AvgIpc) is 2.23. The summed E-state index contributed by atoms with van der Waals surface area (Å²) in [6, 6.07) is 0. The van der Waals surface area contributed by atoms with Crippen LogP contribution in [0.3, 0.4) is 0 Å². The Morgan fingerprint density at radius 1 is 1.65 bits per heavy atom. The summed E-state index contributed by atoms with van der Waals surface area (Å²) in [6.45, 7) is 2.16. The Kier molecular flexibility index (Phi) is 4.58. The normalized spacial score (nSPS) is 12.1. The quantitative estimate of drug-likeness (QED) is 0.376. The van der Waals surface area contributed by atoms with Gasteiger partial charge in [-0.05, 0) is 19.8 Å². The third-order valence-electron chi connectivity index (χ3n) is 2.12. The molecule has 8 heteroatoms. The minimum atomic E-state index is -0.619. The zero-order valence-corrected chi connectivity index (χ0v) is 9.46. The largest absolute Gasteiger partial charge is 0.393 e. The molecule has 0 bridgehead atoms. The molecule has 0 saturated heterocycles. The second kappa shape index (κ2) is 5.94. The van der Waals surface area contributed by atoms with Crippen LogP contribution in [0.4, 0.5) is 17.3 Å². The van der Waals surface area contributed by atoms with Crippen LogP contribution in [0.15, 0.2) is 6.33 Å². The molecule has 0 aliphatic carbocycles. The number of aliphatic hydroxyl groups excluding tert-OH is 1. The lowest BCUT2D eigenvalue weighted by molar-refractivity contribution is -0.383. The Bertz CT molecular complexity index is 396. The van der Waals surface area contributed by atoms with Crippen molar-refractivity contribution in [3.8, 4) is 0 Å². The minimum Gasteiger partial charge on any atom is -0.393 e. The highest BCUT2D eigenvalue weighted by molar-refractivity contribution is 5.67. The Balaban J connectivity index is 2.64. The fourth-order valence-electron chi connectivity index (χ4n) is 1.31. The molecule has 0 aromatic carbocycles. The van der Waals surface area contributed by atoms with Crippen LogP contribution in [0.2, 0.25) is 0 Å². The number of aromatic nitrogens is 2. The zero-order chi connectivity index (χ0) is 12.8. The molecule has 1 aromatic heterocycles. The van der Waals surface area contributed by atoms with Gasteiger partial charge in [-0.25, -0.2) is 9.97 Å². The standard InChI is InChI=1S/C9H15N5O3/c1-6(15)3-2-4-11-9-7(14(16)17)8(10)12-5-13-9/h5-6,15H,2-4H2,1H3,(H3,10,11,12,13). The van der Waals surface area contributed by atoms with Gasteiger partial charge in [-0.2, -0.15) is 0 Å². The van der Waals surface area contributed by atoms with E-state index >= 15 is 0 Å².